The van der Waals surface area contributed by atoms with E-state index < -0.39 is 11.9 Å². The summed E-state index contributed by atoms with van der Waals surface area (Å²) in [4.78, 5) is 23.6. The molecule has 2 N–H and O–H groups in total. The average Bonchev–Trinajstić information content (AvgIpc) is 2.87. The minimum Gasteiger partial charge on any atom is -0.465 e. The molecule has 5 nitrogen and oxygen atoms in total. The first-order valence-electron chi connectivity index (χ1n) is 6.58. The van der Waals surface area contributed by atoms with E-state index in [4.69, 9.17) is 26.8 Å². The molecule has 0 aliphatic rings. The molecule has 1 heterocycles. The first-order valence-corrected chi connectivity index (χ1v) is 7.77. The van der Waals surface area contributed by atoms with Gasteiger partial charge in [0.25, 0.3) is 0 Å². The maximum Gasteiger partial charge on any atom is 0.339 e. The second-order valence-corrected chi connectivity index (χ2v) is 6.34. The molecule has 0 unspecified atom stereocenters. The Labute approximate surface area is 140 Å². The molecule has 0 fully saturated rings. The molecule has 7 heteroatoms. The molecule has 0 bridgehead atoms. The van der Waals surface area contributed by atoms with Crippen LogP contribution in [0.15, 0.2) is 24.3 Å². The molecule has 0 aliphatic heterocycles. The third-order valence-corrected chi connectivity index (χ3v) is 4.97. The third kappa shape index (κ3) is 2.50. The van der Waals surface area contributed by atoms with Crippen molar-refractivity contribution in [1.82, 2.24) is 0 Å². The molecule has 0 atom stereocenters. The van der Waals surface area contributed by atoms with E-state index in [-0.39, 0.29) is 11.1 Å². The van der Waals surface area contributed by atoms with Crippen LogP contribution < -0.4 is 5.73 Å². The maximum absolute atomic E-state index is 11.8. The number of methoxy groups -OCH3 is 2. The minimum absolute atomic E-state index is 0.276. The number of anilines is 1. The Kier molecular flexibility index (Phi) is 3.87. The summed E-state index contributed by atoms with van der Waals surface area (Å²) in [6, 6.07) is 6.77. The van der Waals surface area contributed by atoms with Crippen LogP contribution in [0.25, 0.3) is 20.2 Å². The van der Waals surface area contributed by atoms with E-state index in [9.17, 15) is 9.59 Å². The van der Waals surface area contributed by atoms with E-state index in [1.807, 2.05) is 0 Å². The molecule has 0 saturated carbocycles. The predicted molar refractivity (Wildman–Crippen MR) is 91.4 cm³/mol. The van der Waals surface area contributed by atoms with Gasteiger partial charge >= 0.3 is 11.9 Å². The highest BCUT2D eigenvalue weighted by Gasteiger charge is 2.18. The quantitative estimate of drug-likeness (QED) is 0.561. The van der Waals surface area contributed by atoms with Gasteiger partial charge in [-0.25, -0.2) is 9.59 Å². The Morgan fingerprint density at radius 3 is 2.09 bits per heavy atom. The van der Waals surface area contributed by atoms with Crippen LogP contribution >= 0.6 is 22.9 Å². The van der Waals surface area contributed by atoms with Crippen molar-refractivity contribution < 1.29 is 19.1 Å². The van der Waals surface area contributed by atoms with Crippen molar-refractivity contribution in [3.63, 3.8) is 0 Å². The van der Waals surface area contributed by atoms with E-state index in [0.717, 1.165) is 20.2 Å². The number of carbonyl (C=O) groups is 2. The van der Waals surface area contributed by atoms with Gasteiger partial charge in [0, 0.05) is 25.9 Å². The zero-order chi connectivity index (χ0) is 16.7. The number of thiophene rings is 1. The number of rotatable bonds is 2. The third-order valence-electron chi connectivity index (χ3n) is 3.54. The van der Waals surface area contributed by atoms with Crippen LogP contribution in [0.1, 0.15) is 20.7 Å². The van der Waals surface area contributed by atoms with Crippen molar-refractivity contribution in [1.29, 1.82) is 0 Å². The lowest BCUT2D eigenvalue weighted by Crippen LogP contribution is -2.05. The van der Waals surface area contributed by atoms with E-state index in [1.165, 1.54) is 25.6 Å². The van der Waals surface area contributed by atoms with Gasteiger partial charge in [-0.05, 0) is 24.3 Å². The Morgan fingerprint density at radius 2 is 1.48 bits per heavy atom. The molecule has 0 amide bonds. The van der Waals surface area contributed by atoms with Gasteiger partial charge in [-0.1, -0.05) is 11.6 Å². The van der Waals surface area contributed by atoms with Gasteiger partial charge in [-0.15, -0.1) is 11.3 Å². The fourth-order valence-electron chi connectivity index (χ4n) is 2.41. The topological polar surface area (TPSA) is 78.6 Å². The number of nitrogen functional groups attached to an aromatic ring is 1. The van der Waals surface area contributed by atoms with Gasteiger partial charge in [0.2, 0.25) is 0 Å². The first kappa shape index (κ1) is 15.6. The summed E-state index contributed by atoms with van der Waals surface area (Å²) in [6.45, 7) is 0. The van der Waals surface area contributed by atoms with E-state index in [0.29, 0.717) is 10.7 Å². The Balaban J connectivity index is 2.34. The minimum atomic E-state index is -0.514. The normalized spacial score (nSPS) is 10.9. The standard InChI is InChI=1S/C16H12ClNO4S/c1-21-15(19)9-3-7-8-4-10(16(20)22-2)12(18)6-14(8)23-13(7)5-11(9)17/h3-6H,18H2,1-2H3. The number of hydrogen-bond donors (Lipinski definition) is 1. The van der Waals surface area contributed by atoms with Crippen molar-refractivity contribution in [2.45, 2.75) is 0 Å². The summed E-state index contributed by atoms with van der Waals surface area (Å²) >= 11 is 7.62. The summed E-state index contributed by atoms with van der Waals surface area (Å²) in [6.07, 6.45) is 0. The van der Waals surface area contributed by atoms with Crippen molar-refractivity contribution in [2.24, 2.45) is 0 Å². The van der Waals surface area contributed by atoms with Crippen LogP contribution in [-0.4, -0.2) is 26.2 Å². The fourth-order valence-corrected chi connectivity index (χ4v) is 3.87. The van der Waals surface area contributed by atoms with Gasteiger partial charge in [0.05, 0.1) is 30.4 Å². The van der Waals surface area contributed by atoms with E-state index >= 15 is 0 Å². The van der Waals surface area contributed by atoms with Gasteiger partial charge in [-0.2, -0.15) is 0 Å². The number of benzene rings is 2. The Bertz CT molecular complexity index is 888. The molecule has 1 aromatic heterocycles. The summed E-state index contributed by atoms with van der Waals surface area (Å²) in [5, 5.41) is 1.93. The zero-order valence-corrected chi connectivity index (χ0v) is 13.9. The average molecular weight is 350 g/mol. The smallest absolute Gasteiger partial charge is 0.339 e. The van der Waals surface area contributed by atoms with Gasteiger partial charge < -0.3 is 15.2 Å². The number of halogens is 1. The van der Waals surface area contributed by atoms with E-state index in [1.54, 1.807) is 24.3 Å². The monoisotopic (exact) mass is 349 g/mol. The number of esters is 2. The molecule has 118 valence electrons. The Hall–Kier alpha value is -2.31. The van der Waals surface area contributed by atoms with Gasteiger partial charge in [0.1, 0.15) is 0 Å². The second-order valence-electron chi connectivity index (χ2n) is 4.85. The maximum atomic E-state index is 11.8. The Morgan fingerprint density at radius 1 is 0.957 bits per heavy atom. The highest BCUT2D eigenvalue weighted by molar-refractivity contribution is 7.25. The fraction of sp³-hybridized carbons (Fsp3) is 0.125. The van der Waals surface area contributed by atoms with Crippen LogP contribution in [0.5, 0.6) is 0 Å². The van der Waals surface area contributed by atoms with Crippen molar-refractivity contribution in [2.75, 3.05) is 20.0 Å². The molecule has 3 rings (SSSR count). The predicted octanol–water partition coefficient (Wildman–Crippen LogP) is 3.86. The number of carbonyl (C=O) groups excluding carboxylic acids is 2. The molecule has 23 heavy (non-hydrogen) atoms. The summed E-state index contributed by atoms with van der Waals surface area (Å²) in [7, 11) is 2.59. The lowest BCUT2D eigenvalue weighted by Gasteiger charge is -2.05. The molecular weight excluding hydrogens is 338 g/mol. The van der Waals surface area contributed by atoms with E-state index in [2.05, 4.69) is 0 Å². The van der Waals surface area contributed by atoms with Crippen molar-refractivity contribution in [3.8, 4) is 0 Å². The van der Waals surface area contributed by atoms with Crippen LogP contribution in [0, 0.1) is 0 Å². The number of nitrogens with two attached hydrogens (primary N) is 1. The largest absolute Gasteiger partial charge is 0.465 e. The van der Waals surface area contributed by atoms with Crippen molar-refractivity contribution in [3.05, 3.63) is 40.4 Å². The summed E-state index contributed by atoms with van der Waals surface area (Å²) in [5.41, 5.74) is 6.83. The van der Waals surface area contributed by atoms with Gasteiger partial charge in [0.15, 0.2) is 0 Å². The molecule has 0 aliphatic carbocycles. The molecule has 3 aromatic rings. The second kappa shape index (κ2) is 5.72. The number of fused-ring (bicyclic) bond motifs is 3. The molecule has 2 aromatic carbocycles. The first-order chi connectivity index (χ1) is 11.0. The molecule has 0 saturated heterocycles. The highest BCUT2D eigenvalue weighted by Crippen LogP contribution is 2.39. The lowest BCUT2D eigenvalue weighted by molar-refractivity contribution is 0.0592. The lowest BCUT2D eigenvalue weighted by atomic mass is 10.1. The van der Waals surface area contributed by atoms with Crippen LogP contribution in [0.2, 0.25) is 5.02 Å². The van der Waals surface area contributed by atoms with Crippen LogP contribution in [-0.2, 0) is 9.47 Å². The number of ether oxygens (including phenoxy) is 2. The SMILES string of the molecule is COC(=O)c1cc2c(cc1N)sc1cc(Cl)c(C(=O)OC)cc12. The van der Waals surface area contributed by atoms with Gasteiger partial charge in [-0.3, -0.25) is 0 Å². The number of hydrogen-bond acceptors (Lipinski definition) is 6. The molecule has 0 spiro atoms. The highest BCUT2D eigenvalue weighted by atomic mass is 35.5. The summed E-state index contributed by atoms with van der Waals surface area (Å²) in [5.74, 6) is -1.02. The van der Waals surface area contributed by atoms with Crippen LogP contribution in [0.4, 0.5) is 5.69 Å². The molecular formula is C16H12ClNO4S. The zero-order valence-electron chi connectivity index (χ0n) is 12.3. The van der Waals surface area contributed by atoms with Crippen molar-refractivity contribution >= 4 is 60.7 Å². The molecule has 0 radical (unpaired) electrons. The van der Waals surface area contributed by atoms with Crippen LogP contribution in [0.3, 0.4) is 0 Å². The summed E-state index contributed by atoms with van der Waals surface area (Å²) < 4.78 is 11.3.